The maximum atomic E-state index is 12.6. The first-order valence-corrected chi connectivity index (χ1v) is 9.42. The summed E-state index contributed by atoms with van der Waals surface area (Å²) >= 11 is 0. The Morgan fingerprint density at radius 2 is 1.72 bits per heavy atom. The van der Waals surface area contributed by atoms with E-state index in [-0.39, 0.29) is 45.1 Å². The molecule has 0 aromatic carbocycles. The lowest BCUT2D eigenvalue weighted by Crippen LogP contribution is -2.59. The summed E-state index contributed by atoms with van der Waals surface area (Å²) in [5, 5.41) is 0. The van der Waals surface area contributed by atoms with E-state index >= 15 is 0 Å². The summed E-state index contributed by atoms with van der Waals surface area (Å²) in [5.41, 5.74) is -0.682. The van der Waals surface area contributed by atoms with Crippen molar-refractivity contribution in [2.75, 3.05) is 32.8 Å². The van der Waals surface area contributed by atoms with Crippen molar-refractivity contribution in [2.45, 2.75) is 45.8 Å². The predicted octanol–water partition coefficient (Wildman–Crippen LogP) is 0.313. The summed E-state index contributed by atoms with van der Waals surface area (Å²) in [6.45, 7) is 7.10. The van der Waals surface area contributed by atoms with E-state index in [1.807, 2.05) is 0 Å². The third kappa shape index (κ3) is 6.30. The average Bonchev–Trinajstić information content (AvgIpc) is 2.94. The molecule has 0 spiro atoms. The van der Waals surface area contributed by atoms with Gasteiger partial charge in [0.1, 0.15) is 12.2 Å². The molecule has 29 heavy (non-hydrogen) atoms. The predicted molar refractivity (Wildman–Crippen MR) is 100 cm³/mol. The number of carbonyl (C=O) groups is 5. The van der Waals surface area contributed by atoms with E-state index in [0.717, 1.165) is 4.90 Å². The second kappa shape index (κ2) is 9.06. The van der Waals surface area contributed by atoms with E-state index in [2.05, 4.69) is 0 Å². The molecule has 1 atom stereocenters. The summed E-state index contributed by atoms with van der Waals surface area (Å²) in [5.74, 6) is -1.62. The summed E-state index contributed by atoms with van der Waals surface area (Å²) < 4.78 is 10.5. The normalized spacial score (nSPS) is 19.6. The summed E-state index contributed by atoms with van der Waals surface area (Å²) in [6, 6.07) is -0.553. The summed E-state index contributed by atoms with van der Waals surface area (Å²) in [4.78, 5) is 63.4. The van der Waals surface area contributed by atoms with Crippen molar-refractivity contribution < 1.29 is 33.4 Å². The van der Waals surface area contributed by atoms with Crippen molar-refractivity contribution in [3.05, 3.63) is 12.2 Å². The van der Waals surface area contributed by atoms with E-state index in [1.54, 1.807) is 20.8 Å². The lowest BCUT2D eigenvalue weighted by Gasteiger charge is -2.41. The number of hydrogen-bond acceptors (Lipinski definition) is 7. The number of amides is 4. The van der Waals surface area contributed by atoms with Crippen molar-refractivity contribution in [1.29, 1.82) is 0 Å². The van der Waals surface area contributed by atoms with Gasteiger partial charge in [-0.15, -0.1) is 0 Å². The van der Waals surface area contributed by atoms with E-state index in [1.165, 1.54) is 28.9 Å². The Bertz CT molecular complexity index is 708. The molecule has 0 bridgehead atoms. The number of ether oxygens (including phenoxy) is 2. The van der Waals surface area contributed by atoms with Crippen LogP contribution in [0.3, 0.4) is 0 Å². The largest absolute Gasteiger partial charge is 0.464 e. The van der Waals surface area contributed by atoms with Crippen LogP contribution in [0, 0.1) is 0 Å². The number of carbonyl (C=O) groups excluding carboxylic acids is 5. The van der Waals surface area contributed by atoms with Crippen LogP contribution in [0.15, 0.2) is 12.2 Å². The van der Waals surface area contributed by atoms with Gasteiger partial charge in [-0.2, -0.15) is 0 Å². The highest BCUT2D eigenvalue weighted by atomic mass is 16.6. The molecule has 1 fully saturated rings. The minimum Gasteiger partial charge on any atom is -0.464 e. The third-order valence-electron chi connectivity index (χ3n) is 4.39. The third-order valence-corrected chi connectivity index (χ3v) is 4.39. The minimum atomic E-state index is -0.682. The average molecular weight is 409 g/mol. The quantitative estimate of drug-likeness (QED) is 0.474. The van der Waals surface area contributed by atoms with Gasteiger partial charge in [-0.3, -0.25) is 29.0 Å². The molecule has 2 aliphatic rings. The van der Waals surface area contributed by atoms with Crippen molar-refractivity contribution >= 4 is 29.8 Å². The maximum Gasteiger partial charge on any atom is 0.410 e. The number of imide groups is 1. The van der Waals surface area contributed by atoms with E-state index in [4.69, 9.17) is 9.47 Å². The van der Waals surface area contributed by atoms with Crippen LogP contribution in [0.4, 0.5) is 4.79 Å². The Kier molecular flexibility index (Phi) is 6.99. The lowest BCUT2D eigenvalue weighted by atomic mass is 10.1. The standard InChI is InChI=1S/C19H27N3O7/c1-13(23)28-12-14-11-20(9-10-21(14)18(27)29-19(2,3)4)15(24)7-8-22-16(25)5-6-17(22)26/h5-6,14H,7-12H2,1-4H3. The van der Waals surface area contributed by atoms with Gasteiger partial charge in [-0.05, 0) is 20.8 Å². The van der Waals surface area contributed by atoms with Gasteiger partial charge in [0, 0.05) is 51.7 Å². The summed E-state index contributed by atoms with van der Waals surface area (Å²) in [7, 11) is 0. The molecule has 0 N–H and O–H groups in total. The van der Waals surface area contributed by atoms with E-state index < -0.39 is 35.5 Å². The highest BCUT2D eigenvalue weighted by Crippen LogP contribution is 2.17. The molecule has 1 saturated heterocycles. The van der Waals surface area contributed by atoms with Gasteiger partial charge in [-0.1, -0.05) is 0 Å². The fourth-order valence-corrected chi connectivity index (χ4v) is 3.02. The Labute approximate surface area is 169 Å². The lowest BCUT2D eigenvalue weighted by molar-refractivity contribution is -0.144. The zero-order valence-electron chi connectivity index (χ0n) is 17.2. The van der Waals surface area contributed by atoms with Gasteiger partial charge in [0.2, 0.25) is 5.91 Å². The topological polar surface area (TPSA) is 114 Å². The first-order chi connectivity index (χ1) is 13.5. The number of piperazine rings is 1. The van der Waals surface area contributed by atoms with Crippen LogP contribution < -0.4 is 0 Å². The van der Waals surface area contributed by atoms with Gasteiger partial charge in [0.25, 0.3) is 11.8 Å². The van der Waals surface area contributed by atoms with Gasteiger partial charge >= 0.3 is 12.1 Å². The molecule has 0 aliphatic carbocycles. The van der Waals surface area contributed by atoms with Crippen LogP contribution in [0.5, 0.6) is 0 Å². The number of esters is 1. The van der Waals surface area contributed by atoms with Gasteiger partial charge in [0.15, 0.2) is 0 Å². The van der Waals surface area contributed by atoms with Crippen LogP contribution in [-0.4, -0.2) is 88.9 Å². The first kappa shape index (κ1) is 22.4. The van der Waals surface area contributed by atoms with E-state index in [0.29, 0.717) is 0 Å². The molecule has 2 rings (SSSR count). The molecule has 2 aliphatic heterocycles. The zero-order chi connectivity index (χ0) is 21.8. The van der Waals surface area contributed by atoms with Crippen LogP contribution >= 0.6 is 0 Å². The molecule has 0 aromatic rings. The Morgan fingerprint density at radius 1 is 1.10 bits per heavy atom. The molecule has 0 aromatic heterocycles. The second-order valence-electron chi connectivity index (χ2n) is 7.88. The Balaban J connectivity index is 1.98. The van der Waals surface area contributed by atoms with Crippen molar-refractivity contribution in [3.63, 3.8) is 0 Å². The minimum absolute atomic E-state index is 0.00953. The Hall–Kier alpha value is -2.91. The van der Waals surface area contributed by atoms with Gasteiger partial charge < -0.3 is 14.4 Å². The van der Waals surface area contributed by atoms with Crippen LogP contribution in [0.2, 0.25) is 0 Å². The van der Waals surface area contributed by atoms with E-state index in [9.17, 15) is 24.0 Å². The van der Waals surface area contributed by atoms with Crippen molar-refractivity contribution in [1.82, 2.24) is 14.7 Å². The number of hydrogen-bond donors (Lipinski definition) is 0. The maximum absolute atomic E-state index is 12.6. The van der Waals surface area contributed by atoms with Gasteiger partial charge in [0.05, 0.1) is 6.04 Å². The van der Waals surface area contributed by atoms with Crippen LogP contribution in [0.1, 0.15) is 34.1 Å². The highest BCUT2D eigenvalue weighted by Gasteiger charge is 2.36. The molecular formula is C19H27N3O7. The first-order valence-electron chi connectivity index (χ1n) is 9.42. The fourth-order valence-electron chi connectivity index (χ4n) is 3.02. The smallest absolute Gasteiger partial charge is 0.410 e. The molecule has 4 amide bonds. The number of nitrogens with zero attached hydrogens (tertiary/aromatic N) is 3. The molecular weight excluding hydrogens is 382 g/mol. The molecule has 10 nitrogen and oxygen atoms in total. The Morgan fingerprint density at radius 3 is 2.28 bits per heavy atom. The molecule has 0 saturated carbocycles. The molecule has 2 heterocycles. The highest BCUT2D eigenvalue weighted by molar-refractivity contribution is 6.13. The molecule has 0 radical (unpaired) electrons. The molecule has 10 heteroatoms. The van der Waals surface area contributed by atoms with Crippen LogP contribution in [0.25, 0.3) is 0 Å². The van der Waals surface area contributed by atoms with Gasteiger partial charge in [-0.25, -0.2) is 4.79 Å². The van der Waals surface area contributed by atoms with Crippen molar-refractivity contribution in [2.24, 2.45) is 0 Å². The second-order valence-corrected chi connectivity index (χ2v) is 7.88. The summed E-state index contributed by atoms with van der Waals surface area (Å²) in [6.07, 6.45) is 1.77. The van der Waals surface area contributed by atoms with Crippen molar-refractivity contribution in [3.8, 4) is 0 Å². The monoisotopic (exact) mass is 409 g/mol. The molecule has 160 valence electrons. The molecule has 1 unspecified atom stereocenters. The zero-order valence-corrected chi connectivity index (χ0v) is 17.2. The SMILES string of the molecule is CC(=O)OCC1CN(C(=O)CCN2C(=O)C=CC2=O)CCN1C(=O)OC(C)(C)C. The fraction of sp³-hybridized carbons (Fsp3) is 0.632. The number of rotatable bonds is 5. The van der Waals surface area contributed by atoms with Crippen LogP contribution in [-0.2, 0) is 28.7 Å².